The maximum Gasteiger partial charge on any atom is 0.389 e. The van der Waals surface area contributed by atoms with Crippen molar-refractivity contribution < 1.29 is 13.2 Å². The molecule has 154 valence electrons. The van der Waals surface area contributed by atoms with E-state index in [1.807, 2.05) is 35.9 Å². The van der Waals surface area contributed by atoms with Crippen LogP contribution in [0.25, 0.3) is 5.69 Å². The number of aliphatic imine (C=N–C) groups is 1. The Bertz CT molecular complexity index is 930. The van der Waals surface area contributed by atoms with Crippen LogP contribution in [-0.2, 0) is 6.42 Å². The van der Waals surface area contributed by atoms with Gasteiger partial charge in [0.1, 0.15) is 0 Å². The predicted molar refractivity (Wildman–Crippen MR) is 109 cm³/mol. The van der Waals surface area contributed by atoms with Crippen molar-refractivity contribution in [1.29, 1.82) is 5.26 Å². The monoisotopic (exact) mass is 402 g/mol. The highest BCUT2D eigenvalue weighted by molar-refractivity contribution is 5.98. The lowest BCUT2D eigenvalue weighted by Gasteiger charge is -2.10. The zero-order chi connectivity index (χ0) is 21.4. The lowest BCUT2D eigenvalue weighted by atomic mass is 10.1. The van der Waals surface area contributed by atoms with Crippen LogP contribution in [0.15, 0.2) is 47.4 Å². The second-order valence-electron chi connectivity index (χ2n) is 6.99. The number of aryl methyl sites for hydroxylation is 2. The van der Waals surface area contributed by atoms with Gasteiger partial charge in [-0.05, 0) is 62.9 Å². The number of benzene rings is 1. The van der Waals surface area contributed by atoms with Gasteiger partial charge < -0.3 is 4.57 Å². The molecule has 0 fully saturated rings. The molecule has 1 heterocycles. The van der Waals surface area contributed by atoms with Crippen LogP contribution in [0.4, 0.5) is 18.9 Å². The van der Waals surface area contributed by atoms with Crippen LogP contribution in [0.1, 0.15) is 50.8 Å². The number of imidazole rings is 1. The molecule has 0 unspecified atom stereocenters. The lowest BCUT2D eigenvalue weighted by Crippen LogP contribution is -2.06. The van der Waals surface area contributed by atoms with Gasteiger partial charge in [0.2, 0.25) is 0 Å². The minimum absolute atomic E-state index is 0.0324. The zero-order valence-electron chi connectivity index (χ0n) is 16.9. The van der Waals surface area contributed by atoms with E-state index >= 15 is 0 Å². The largest absolute Gasteiger partial charge is 0.389 e. The SMILES string of the molecule is CCc1cc(/N=C(\C=C(/C)CCCC(F)(F)F)CC#N)ccc1-n1cnc(C)c1. The highest BCUT2D eigenvalue weighted by Crippen LogP contribution is 2.25. The molecule has 0 aliphatic rings. The second-order valence-corrected chi connectivity index (χ2v) is 6.99. The van der Waals surface area contributed by atoms with E-state index in [0.717, 1.165) is 28.9 Å². The van der Waals surface area contributed by atoms with Crippen molar-refractivity contribution in [2.45, 2.75) is 59.1 Å². The van der Waals surface area contributed by atoms with Crippen molar-refractivity contribution in [3.8, 4) is 11.8 Å². The van der Waals surface area contributed by atoms with Crippen molar-refractivity contribution in [3.05, 3.63) is 53.6 Å². The Balaban J connectivity index is 2.23. The normalized spacial score (nSPS) is 12.9. The zero-order valence-corrected chi connectivity index (χ0v) is 16.9. The molecule has 0 aliphatic heterocycles. The van der Waals surface area contributed by atoms with Gasteiger partial charge in [0.15, 0.2) is 0 Å². The highest BCUT2D eigenvalue weighted by Gasteiger charge is 2.25. The Morgan fingerprint density at radius 3 is 2.69 bits per heavy atom. The number of aromatic nitrogens is 2. The summed E-state index contributed by atoms with van der Waals surface area (Å²) < 4.78 is 38.9. The molecule has 0 bridgehead atoms. The molecule has 0 radical (unpaired) electrons. The van der Waals surface area contributed by atoms with E-state index in [1.54, 1.807) is 19.3 Å². The first-order valence-corrected chi connectivity index (χ1v) is 9.54. The van der Waals surface area contributed by atoms with Crippen LogP contribution < -0.4 is 0 Å². The van der Waals surface area contributed by atoms with Crippen LogP contribution in [0.3, 0.4) is 0 Å². The Hall–Kier alpha value is -2.88. The van der Waals surface area contributed by atoms with E-state index in [0.29, 0.717) is 17.8 Å². The van der Waals surface area contributed by atoms with Gasteiger partial charge in [-0.1, -0.05) is 12.5 Å². The van der Waals surface area contributed by atoms with Crippen molar-refractivity contribution in [3.63, 3.8) is 0 Å². The molecule has 2 rings (SSSR count). The molecule has 0 spiro atoms. The summed E-state index contributed by atoms with van der Waals surface area (Å²) in [5.41, 5.74) is 5.08. The number of alkyl halides is 3. The number of nitriles is 1. The molecule has 1 aromatic carbocycles. The van der Waals surface area contributed by atoms with Crippen molar-refractivity contribution in [1.82, 2.24) is 9.55 Å². The van der Waals surface area contributed by atoms with E-state index in [2.05, 4.69) is 23.0 Å². The summed E-state index contributed by atoms with van der Waals surface area (Å²) in [7, 11) is 0. The van der Waals surface area contributed by atoms with E-state index in [1.165, 1.54) is 0 Å². The van der Waals surface area contributed by atoms with Gasteiger partial charge in [0.05, 0.1) is 35.9 Å². The van der Waals surface area contributed by atoms with Crippen molar-refractivity contribution in [2.24, 2.45) is 4.99 Å². The average Bonchev–Trinajstić information content (AvgIpc) is 3.06. The smallest absolute Gasteiger partial charge is 0.306 e. The fourth-order valence-corrected chi connectivity index (χ4v) is 3.02. The van der Waals surface area contributed by atoms with Crippen LogP contribution in [0.2, 0.25) is 0 Å². The summed E-state index contributed by atoms with van der Waals surface area (Å²) in [6.45, 7) is 5.75. The van der Waals surface area contributed by atoms with Gasteiger partial charge in [0.25, 0.3) is 0 Å². The summed E-state index contributed by atoms with van der Waals surface area (Å²) in [5.74, 6) is 0. The molecule has 0 saturated carbocycles. The number of nitrogens with zero attached hydrogens (tertiary/aromatic N) is 4. The van der Waals surface area contributed by atoms with E-state index in [4.69, 9.17) is 5.26 Å². The molecule has 0 saturated heterocycles. The lowest BCUT2D eigenvalue weighted by molar-refractivity contribution is -0.135. The molecule has 1 aromatic heterocycles. The van der Waals surface area contributed by atoms with Crippen LogP contribution in [0.5, 0.6) is 0 Å². The molecule has 0 atom stereocenters. The summed E-state index contributed by atoms with van der Waals surface area (Å²) in [6.07, 6.45) is 1.74. The Morgan fingerprint density at radius 1 is 1.34 bits per heavy atom. The maximum absolute atomic E-state index is 12.3. The van der Waals surface area contributed by atoms with Crippen molar-refractivity contribution in [2.75, 3.05) is 0 Å². The third-order valence-corrected chi connectivity index (χ3v) is 4.41. The first kappa shape index (κ1) is 22.4. The first-order chi connectivity index (χ1) is 13.7. The summed E-state index contributed by atoms with van der Waals surface area (Å²) >= 11 is 0. The molecule has 2 aromatic rings. The molecule has 7 heteroatoms. The van der Waals surface area contributed by atoms with Gasteiger partial charge in [-0.3, -0.25) is 4.99 Å². The minimum atomic E-state index is -4.14. The topological polar surface area (TPSA) is 54.0 Å². The fourth-order valence-electron chi connectivity index (χ4n) is 3.02. The Morgan fingerprint density at radius 2 is 2.10 bits per heavy atom. The quantitative estimate of drug-likeness (QED) is 0.479. The molecule has 0 aliphatic carbocycles. The molecule has 0 N–H and O–H groups in total. The van der Waals surface area contributed by atoms with Gasteiger partial charge >= 0.3 is 6.18 Å². The predicted octanol–water partition coefficient (Wildman–Crippen LogP) is 6.41. The Labute approximate surface area is 169 Å². The first-order valence-electron chi connectivity index (χ1n) is 9.54. The van der Waals surface area contributed by atoms with Gasteiger partial charge in [-0.15, -0.1) is 0 Å². The summed E-state index contributed by atoms with van der Waals surface area (Å²) in [6, 6.07) is 7.87. The Kier molecular flexibility index (Phi) is 7.77. The van der Waals surface area contributed by atoms with Gasteiger partial charge in [-0.25, -0.2) is 4.98 Å². The summed E-state index contributed by atoms with van der Waals surface area (Å²) in [4.78, 5) is 8.82. The molecule has 0 amide bonds. The van der Waals surface area contributed by atoms with E-state index in [-0.39, 0.29) is 12.8 Å². The maximum atomic E-state index is 12.3. The second kappa shape index (κ2) is 10.1. The van der Waals surface area contributed by atoms with Crippen LogP contribution in [-0.4, -0.2) is 21.4 Å². The van der Waals surface area contributed by atoms with Gasteiger partial charge in [0, 0.05) is 18.3 Å². The van der Waals surface area contributed by atoms with Gasteiger partial charge in [-0.2, -0.15) is 18.4 Å². The van der Waals surface area contributed by atoms with E-state index < -0.39 is 12.6 Å². The van der Waals surface area contributed by atoms with E-state index in [9.17, 15) is 13.2 Å². The van der Waals surface area contributed by atoms with Crippen molar-refractivity contribution >= 4 is 11.4 Å². The molecular weight excluding hydrogens is 377 g/mol. The molecule has 29 heavy (non-hydrogen) atoms. The number of allylic oxidation sites excluding steroid dienone is 2. The standard InChI is InChI=1S/C22H25F3N4/c1-4-18-13-19(7-8-21(18)29-14-17(3)27-15-29)28-20(9-11-26)12-16(2)6-5-10-22(23,24)25/h7-8,12-15H,4-6,9-10H2,1-3H3/b16-12+,28-20-. The average molecular weight is 402 g/mol. The number of halogens is 3. The minimum Gasteiger partial charge on any atom is -0.306 e. The number of rotatable bonds is 8. The number of hydrogen-bond acceptors (Lipinski definition) is 3. The third kappa shape index (κ3) is 7.22. The van der Waals surface area contributed by atoms with Crippen LogP contribution in [0, 0.1) is 18.3 Å². The number of hydrogen-bond donors (Lipinski definition) is 0. The highest BCUT2D eigenvalue weighted by atomic mass is 19.4. The summed E-state index contributed by atoms with van der Waals surface area (Å²) in [5, 5.41) is 9.09. The fraction of sp³-hybridized carbons (Fsp3) is 0.409. The molecular formula is C22H25F3N4. The third-order valence-electron chi connectivity index (χ3n) is 4.41. The molecule has 4 nitrogen and oxygen atoms in total. The van der Waals surface area contributed by atoms with Crippen LogP contribution >= 0.6 is 0 Å².